The van der Waals surface area contributed by atoms with E-state index < -0.39 is 6.17 Å². The smallest absolute Gasteiger partial charge is 0.263 e. The summed E-state index contributed by atoms with van der Waals surface area (Å²) in [6.07, 6.45) is -0.891. The van der Waals surface area contributed by atoms with Crippen molar-refractivity contribution < 1.29 is 4.79 Å². The highest BCUT2D eigenvalue weighted by Gasteiger charge is 2.22. The average molecular weight is 265 g/mol. The Morgan fingerprint density at radius 3 is 2.65 bits per heavy atom. The number of amides is 1. The van der Waals surface area contributed by atoms with Gasteiger partial charge in [-0.25, -0.2) is 0 Å². The van der Waals surface area contributed by atoms with Gasteiger partial charge in [0.05, 0.1) is 11.4 Å². The summed E-state index contributed by atoms with van der Waals surface area (Å²) in [5, 5.41) is 2.83. The van der Waals surface area contributed by atoms with Crippen molar-refractivity contribution in [2.75, 3.05) is 5.32 Å². The molecule has 1 aliphatic heterocycles. The van der Waals surface area contributed by atoms with Crippen LogP contribution in [0.25, 0.3) is 0 Å². The van der Waals surface area contributed by atoms with Gasteiger partial charge in [0.2, 0.25) is 0 Å². The number of nitrogens with one attached hydrogen (secondary N) is 1. The fourth-order valence-electron chi connectivity index (χ4n) is 2.27. The first-order valence-corrected chi connectivity index (χ1v) is 6.46. The molecule has 2 aromatic carbocycles. The first-order chi connectivity index (χ1) is 9.65. The molecule has 0 saturated heterocycles. The van der Waals surface area contributed by atoms with E-state index in [0.717, 1.165) is 28.1 Å². The molecule has 4 nitrogen and oxygen atoms in total. The lowest BCUT2D eigenvalue weighted by Gasteiger charge is -2.10. The van der Waals surface area contributed by atoms with Crippen LogP contribution in [0.15, 0.2) is 53.5 Å². The van der Waals surface area contributed by atoms with Gasteiger partial charge in [0, 0.05) is 11.1 Å². The quantitative estimate of drug-likeness (QED) is 0.828. The zero-order chi connectivity index (χ0) is 14.1. The van der Waals surface area contributed by atoms with Crippen molar-refractivity contribution in [1.82, 2.24) is 0 Å². The molecule has 100 valence electrons. The Balaban J connectivity index is 2.22. The SMILES string of the molecule is Cc1ccc2c(c1)NC(=O)C(N)N=C2c1ccccc1. The Bertz CT molecular complexity index is 692. The van der Waals surface area contributed by atoms with Crippen LogP contribution < -0.4 is 11.1 Å². The van der Waals surface area contributed by atoms with Crippen LogP contribution in [-0.2, 0) is 4.79 Å². The van der Waals surface area contributed by atoms with Crippen LogP contribution in [0, 0.1) is 6.92 Å². The second-order valence-corrected chi connectivity index (χ2v) is 4.83. The number of benzene rings is 2. The van der Waals surface area contributed by atoms with E-state index >= 15 is 0 Å². The van der Waals surface area contributed by atoms with Crippen molar-refractivity contribution in [2.24, 2.45) is 10.7 Å². The molecule has 1 heterocycles. The molecule has 0 spiro atoms. The predicted octanol–water partition coefficient (Wildman–Crippen LogP) is 2.07. The highest BCUT2D eigenvalue weighted by atomic mass is 16.2. The van der Waals surface area contributed by atoms with Crippen LogP contribution in [0.5, 0.6) is 0 Å². The topological polar surface area (TPSA) is 67.5 Å². The molecule has 0 aliphatic carbocycles. The van der Waals surface area contributed by atoms with Gasteiger partial charge in [-0.05, 0) is 18.6 Å². The first-order valence-electron chi connectivity index (χ1n) is 6.46. The fourth-order valence-corrected chi connectivity index (χ4v) is 2.27. The van der Waals surface area contributed by atoms with Gasteiger partial charge in [-0.1, -0.05) is 42.5 Å². The Hall–Kier alpha value is -2.46. The zero-order valence-electron chi connectivity index (χ0n) is 11.1. The zero-order valence-corrected chi connectivity index (χ0v) is 11.1. The highest BCUT2D eigenvalue weighted by Crippen LogP contribution is 2.24. The number of aryl methyl sites for hydroxylation is 1. The van der Waals surface area contributed by atoms with Crippen molar-refractivity contribution in [2.45, 2.75) is 13.1 Å². The van der Waals surface area contributed by atoms with Crippen LogP contribution in [0.1, 0.15) is 16.7 Å². The molecule has 3 rings (SSSR count). The molecule has 3 N–H and O–H groups in total. The molecular formula is C16H15N3O. The van der Waals surface area contributed by atoms with Crippen molar-refractivity contribution in [3.05, 3.63) is 65.2 Å². The van der Waals surface area contributed by atoms with Gasteiger partial charge in [-0.3, -0.25) is 9.79 Å². The van der Waals surface area contributed by atoms with E-state index in [2.05, 4.69) is 10.3 Å². The van der Waals surface area contributed by atoms with Crippen LogP contribution in [-0.4, -0.2) is 17.8 Å². The van der Waals surface area contributed by atoms with E-state index in [1.165, 1.54) is 0 Å². The Morgan fingerprint density at radius 2 is 1.90 bits per heavy atom. The van der Waals surface area contributed by atoms with Crippen molar-refractivity contribution >= 4 is 17.3 Å². The number of nitrogens with zero attached hydrogens (tertiary/aromatic N) is 1. The maximum absolute atomic E-state index is 11.9. The normalized spacial score (nSPS) is 17.8. The third-order valence-electron chi connectivity index (χ3n) is 3.27. The van der Waals surface area contributed by atoms with E-state index in [-0.39, 0.29) is 5.91 Å². The number of rotatable bonds is 1. The summed E-state index contributed by atoms with van der Waals surface area (Å²) in [5.74, 6) is -0.289. The van der Waals surface area contributed by atoms with Crippen LogP contribution >= 0.6 is 0 Å². The van der Waals surface area contributed by atoms with E-state index in [9.17, 15) is 4.79 Å². The van der Waals surface area contributed by atoms with E-state index in [4.69, 9.17) is 5.73 Å². The summed E-state index contributed by atoms with van der Waals surface area (Å²) in [4.78, 5) is 16.3. The van der Waals surface area contributed by atoms with Gasteiger partial charge in [-0.2, -0.15) is 0 Å². The second kappa shape index (κ2) is 4.90. The van der Waals surface area contributed by atoms with E-state index in [0.29, 0.717) is 0 Å². The Labute approximate surface area is 117 Å². The third kappa shape index (κ3) is 2.21. The number of carbonyl (C=O) groups is 1. The number of fused-ring (bicyclic) bond motifs is 1. The predicted molar refractivity (Wildman–Crippen MR) is 79.9 cm³/mol. The van der Waals surface area contributed by atoms with Gasteiger partial charge in [0.25, 0.3) is 5.91 Å². The highest BCUT2D eigenvalue weighted by molar-refractivity contribution is 6.19. The summed E-state index contributed by atoms with van der Waals surface area (Å²) in [7, 11) is 0. The minimum Gasteiger partial charge on any atom is -0.322 e. The Morgan fingerprint density at radius 1 is 1.15 bits per heavy atom. The maximum Gasteiger partial charge on any atom is 0.263 e. The van der Waals surface area contributed by atoms with Crippen molar-refractivity contribution in [3.8, 4) is 0 Å². The summed E-state index contributed by atoms with van der Waals surface area (Å²) in [6.45, 7) is 1.98. The number of hydrogen-bond donors (Lipinski definition) is 2. The molecule has 1 unspecified atom stereocenters. The largest absolute Gasteiger partial charge is 0.322 e. The third-order valence-corrected chi connectivity index (χ3v) is 3.27. The molecule has 0 fully saturated rings. The number of anilines is 1. The molecule has 0 radical (unpaired) electrons. The lowest BCUT2D eigenvalue weighted by atomic mass is 9.99. The molecule has 0 bridgehead atoms. The van der Waals surface area contributed by atoms with Crippen LogP contribution in [0.4, 0.5) is 5.69 Å². The summed E-state index contributed by atoms with van der Waals surface area (Å²) in [6, 6.07) is 15.7. The summed E-state index contributed by atoms with van der Waals surface area (Å²) >= 11 is 0. The van der Waals surface area contributed by atoms with Gasteiger partial charge in [0.15, 0.2) is 6.17 Å². The number of nitrogens with two attached hydrogens (primary N) is 1. The molecule has 0 saturated carbocycles. The number of benzodiazepines with no additional fused rings is 1. The molecule has 0 aromatic heterocycles. The van der Waals surface area contributed by atoms with E-state index in [1.54, 1.807) is 0 Å². The lowest BCUT2D eigenvalue weighted by Crippen LogP contribution is -2.33. The molecule has 1 amide bonds. The first kappa shape index (κ1) is 12.6. The van der Waals surface area contributed by atoms with Crippen molar-refractivity contribution in [1.29, 1.82) is 0 Å². The molecule has 1 atom stereocenters. The minimum absolute atomic E-state index is 0.289. The molecule has 1 aliphatic rings. The number of aliphatic imine (C=N–C) groups is 1. The van der Waals surface area contributed by atoms with Gasteiger partial charge < -0.3 is 11.1 Å². The number of carbonyl (C=O) groups excluding carboxylic acids is 1. The molecule has 2 aromatic rings. The van der Waals surface area contributed by atoms with Gasteiger partial charge >= 0.3 is 0 Å². The monoisotopic (exact) mass is 265 g/mol. The summed E-state index contributed by atoms with van der Waals surface area (Å²) in [5.41, 5.74) is 10.2. The molecule has 20 heavy (non-hydrogen) atoms. The number of hydrogen-bond acceptors (Lipinski definition) is 3. The average Bonchev–Trinajstić information content (AvgIpc) is 2.57. The van der Waals surface area contributed by atoms with Crippen LogP contribution in [0.2, 0.25) is 0 Å². The summed E-state index contributed by atoms with van der Waals surface area (Å²) < 4.78 is 0. The molecular weight excluding hydrogens is 250 g/mol. The standard InChI is InChI=1S/C16H15N3O/c1-10-7-8-12-13(9-10)18-16(20)15(17)19-14(12)11-5-3-2-4-6-11/h2-9,15H,17H2,1H3,(H,18,20). The lowest BCUT2D eigenvalue weighted by molar-refractivity contribution is -0.117. The van der Waals surface area contributed by atoms with Crippen molar-refractivity contribution in [3.63, 3.8) is 0 Å². The fraction of sp³-hybridized carbons (Fsp3) is 0.125. The van der Waals surface area contributed by atoms with Crippen LogP contribution in [0.3, 0.4) is 0 Å². The van der Waals surface area contributed by atoms with Gasteiger partial charge in [-0.15, -0.1) is 0 Å². The maximum atomic E-state index is 11.9. The Kier molecular flexibility index (Phi) is 3.08. The minimum atomic E-state index is -0.891. The molecule has 4 heteroatoms. The van der Waals surface area contributed by atoms with E-state index in [1.807, 2.05) is 55.5 Å². The van der Waals surface area contributed by atoms with Gasteiger partial charge in [0.1, 0.15) is 0 Å². The second-order valence-electron chi connectivity index (χ2n) is 4.83.